The van der Waals surface area contributed by atoms with Crippen molar-refractivity contribution < 1.29 is 4.79 Å². The third-order valence-corrected chi connectivity index (χ3v) is 2.20. The topological polar surface area (TPSA) is 43.1 Å². The molecule has 0 saturated carbocycles. The lowest BCUT2D eigenvalue weighted by Gasteiger charge is -2.03. The monoisotopic (exact) mass is 167 g/mol. The number of amides is 1. The summed E-state index contributed by atoms with van der Waals surface area (Å²) in [4.78, 5) is 10.7. The summed E-state index contributed by atoms with van der Waals surface area (Å²) in [6, 6.07) is 0. The van der Waals surface area contributed by atoms with Gasteiger partial charge >= 0.3 is 0 Å². The van der Waals surface area contributed by atoms with Crippen molar-refractivity contribution in [3.63, 3.8) is 0 Å². The number of allylic oxidation sites excluding steroid dienone is 4. The van der Waals surface area contributed by atoms with Gasteiger partial charge in [0.25, 0.3) is 0 Å². The standard InChI is InChI=1S/C8H9NOS/c9-8(10)7-5-3-1-2-4-6-11-7/h1-7H,(H2,9,10)/b2-1-,5-3-,6-4-. The molecule has 1 rings (SSSR count). The van der Waals surface area contributed by atoms with Crippen LogP contribution in [0.25, 0.3) is 0 Å². The van der Waals surface area contributed by atoms with Crippen LogP contribution in [0.5, 0.6) is 0 Å². The van der Waals surface area contributed by atoms with E-state index in [4.69, 9.17) is 5.73 Å². The van der Waals surface area contributed by atoms with Crippen LogP contribution in [0.1, 0.15) is 0 Å². The van der Waals surface area contributed by atoms with Crippen LogP contribution in [0.2, 0.25) is 0 Å². The van der Waals surface area contributed by atoms with Crippen LogP contribution in [0.15, 0.2) is 35.8 Å². The van der Waals surface area contributed by atoms with E-state index in [1.807, 2.05) is 29.7 Å². The van der Waals surface area contributed by atoms with E-state index in [-0.39, 0.29) is 11.2 Å². The largest absolute Gasteiger partial charge is 0.368 e. The Kier molecular flexibility index (Phi) is 2.98. The molecule has 2 N–H and O–H groups in total. The molecule has 1 aliphatic heterocycles. The average Bonchev–Trinajstić information content (AvgIpc) is 1.84. The van der Waals surface area contributed by atoms with Crippen LogP contribution in [0, 0.1) is 0 Å². The molecule has 0 fully saturated rings. The zero-order chi connectivity index (χ0) is 8.10. The van der Waals surface area contributed by atoms with Crippen LogP contribution >= 0.6 is 11.8 Å². The first kappa shape index (κ1) is 8.14. The van der Waals surface area contributed by atoms with Gasteiger partial charge in [0, 0.05) is 0 Å². The summed E-state index contributed by atoms with van der Waals surface area (Å²) in [7, 11) is 0. The number of hydrogen-bond acceptors (Lipinski definition) is 2. The number of thioether (sulfide) groups is 1. The predicted octanol–water partition coefficient (Wildman–Crippen LogP) is 1.21. The molecule has 11 heavy (non-hydrogen) atoms. The molecule has 1 heterocycles. The lowest BCUT2D eigenvalue weighted by molar-refractivity contribution is -0.116. The molecule has 0 spiro atoms. The molecule has 1 aliphatic rings. The van der Waals surface area contributed by atoms with Gasteiger partial charge in [-0.15, -0.1) is 11.8 Å². The fraction of sp³-hybridized carbons (Fsp3) is 0.125. The number of primary amides is 1. The molecular weight excluding hydrogens is 158 g/mol. The minimum absolute atomic E-state index is 0.226. The first-order chi connectivity index (χ1) is 5.30. The molecule has 0 saturated heterocycles. The van der Waals surface area contributed by atoms with Gasteiger partial charge in [0.15, 0.2) is 0 Å². The van der Waals surface area contributed by atoms with Gasteiger partial charge in [0.05, 0.1) is 0 Å². The normalized spacial score (nSPS) is 31.5. The smallest absolute Gasteiger partial charge is 0.234 e. The highest BCUT2D eigenvalue weighted by Gasteiger charge is 2.09. The van der Waals surface area contributed by atoms with E-state index in [1.54, 1.807) is 6.08 Å². The second-order valence-electron chi connectivity index (χ2n) is 2.06. The Hall–Kier alpha value is -0.960. The number of carbonyl (C=O) groups excluding carboxylic acids is 1. The maximum Gasteiger partial charge on any atom is 0.234 e. The molecule has 0 aromatic heterocycles. The van der Waals surface area contributed by atoms with Crippen molar-refractivity contribution in [3.8, 4) is 0 Å². The molecule has 1 atom stereocenters. The summed E-state index contributed by atoms with van der Waals surface area (Å²) in [5, 5.41) is 1.63. The summed E-state index contributed by atoms with van der Waals surface area (Å²) in [6.45, 7) is 0. The zero-order valence-electron chi connectivity index (χ0n) is 5.94. The molecule has 1 unspecified atom stereocenters. The maximum absolute atomic E-state index is 10.7. The second-order valence-corrected chi connectivity index (χ2v) is 3.11. The lowest BCUT2D eigenvalue weighted by Crippen LogP contribution is -2.23. The Morgan fingerprint density at radius 1 is 1.27 bits per heavy atom. The van der Waals surface area contributed by atoms with Gasteiger partial charge in [-0.2, -0.15) is 0 Å². The van der Waals surface area contributed by atoms with Gasteiger partial charge in [0.1, 0.15) is 5.25 Å². The molecule has 0 bridgehead atoms. The predicted molar refractivity (Wildman–Crippen MR) is 48.0 cm³/mol. The molecule has 0 aliphatic carbocycles. The number of rotatable bonds is 1. The highest BCUT2D eigenvalue weighted by Crippen LogP contribution is 2.14. The van der Waals surface area contributed by atoms with Gasteiger partial charge < -0.3 is 5.73 Å². The highest BCUT2D eigenvalue weighted by molar-refractivity contribution is 8.03. The summed E-state index contributed by atoms with van der Waals surface area (Å²) >= 11 is 1.41. The fourth-order valence-corrected chi connectivity index (χ4v) is 1.34. The fourth-order valence-electron chi connectivity index (χ4n) is 0.676. The van der Waals surface area contributed by atoms with Crippen molar-refractivity contribution in [1.29, 1.82) is 0 Å². The van der Waals surface area contributed by atoms with Crippen LogP contribution in [-0.2, 0) is 4.79 Å². The van der Waals surface area contributed by atoms with E-state index in [1.165, 1.54) is 11.8 Å². The maximum atomic E-state index is 10.7. The third-order valence-electron chi connectivity index (χ3n) is 1.20. The molecule has 3 heteroatoms. The zero-order valence-corrected chi connectivity index (χ0v) is 6.75. The van der Waals surface area contributed by atoms with Crippen LogP contribution < -0.4 is 5.73 Å². The Morgan fingerprint density at radius 3 is 2.73 bits per heavy atom. The first-order valence-corrected chi connectivity index (χ1v) is 4.20. The van der Waals surface area contributed by atoms with Crippen LogP contribution in [0.4, 0.5) is 0 Å². The van der Waals surface area contributed by atoms with Crippen molar-refractivity contribution in [3.05, 3.63) is 35.8 Å². The number of nitrogens with two attached hydrogens (primary N) is 1. The van der Waals surface area contributed by atoms with E-state index in [9.17, 15) is 4.79 Å². The van der Waals surface area contributed by atoms with E-state index < -0.39 is 0 Å². The van der Waals surface area contributed by atoms with Gasteiger partial charge in [0.2, 0.25) is 5.91 Å². The van der Waals surface area contributed by atoms with E-state index in [2.05, 4.69) is 0 Å². The molecule has 1 amide bonds. The molecule has 58 valence electrons. The van der Waals surface area contributed by atoms with Gasteiger partial charge in [-0.3, -0.25) is 4.79 Å². The van der Waals surface area contributed by atoms with Crippen molar-refractivity contribution in [1.82, 2.24) is 0 Å². The second kappa shape index (κ2) is 4.03. The van der Waals surface area contributed by atoms with Crippen LogP contribution in [-0.4, -0.2) is 11.2 Å². The number of hydrogen-bond donors (Lipinski definition) is 1. The minimum Gasteiger partial charge on any atom is -0.368 e. The van der Waals surface area contributed by atoms with Crippen molar-refractivity contribution in [2.45, 2.75) is 5.25 Å². The minimum atomic E-state index is -0.300. The quantitative estimate of drug-likeness (QED) is 0.638. The van der Waals surface area contributed by atoms with Crippen LogP contribution in [0.3, 0.4) is 0 Å². The molecule has 0 aromatic carbocycles. The van der Waals surface area contributed by atoms with Crippen molar-refractivity contribution >= 4 is 17.7 Å². The summed E-state index contributed by atoms with van der Waals surface area (Å²) in [5.74, 6) is -0.300. The van der Waals surface area contributed by atoms with Crippen molar-refractivity contribution in [2.24, 2.45) is 5.73 Å². The van der Waals surface area contributed by atoms with E-state index in [0.29, 0.717) is 0 Å². The Bertz CT molecular complexity index is 230. The Morgan fingerprint density at radius 2 is 2.00 bits per heavy atom. The lowest BCUT2D eigenvalue weighted by atomic mass is 10.3. The Labute approximate surface area is 69.8 Å². The highest BCUT2D eigenvalue weighted by atomic mass is 32.2. The summed E-state index contributed by atoms with van der Waals surface area (Å²) in [5.41, 5.74) is 5.12. The summed E-state index contributed by atoms with van der Waals surface area (Å²) < 4.78 is 0. The average molecular weight is 167 g/mol. The molecular formula is C8H9NOS. The van der Waals surface area contributed by atoms with Gasteiger partial charge in [-0.1, -0.05) is 30.4 Å². The SMILES string of the molecule is NC(=O)C1\C=C/C=C\C=C/S1. The van der Waals surface area contributed by atoms with E-state index >= 15 is 0 Å². The van der Waals surface area contributed by atoms with Gasteiger partial charge in [-0.25, -0.2) is 0 Å². The molecule has 2 nitrogen and oxygen atoms in total. The number of carbonyl (C=O) groups is 1. The first-order valence-electron chi connectivity index (χ1n) is 3.25. The van der Waals surface area contributed by atoms with Crippen molar-refractivity contribution in [2.75, 3.05) is 0 Å². The van der Waals surface area contributed by atoms with Gasteiger partial charge in [-0.05, 0) is 5.41 Å². The molecule has 0 aromatic rings. The van der Waals surface area contributed by atoms with E-state index in [0.717, 1.165) is 0 Å². The molecule has 0 radical (unpaired) electrons. The Balaban J connectivity index is 2.68. The summed E-state index contributed by atoms with van der Waals surface area (Å²) in [6.07, 6.45) is 9.26. The third kappa shape index (κ3) is 2.63.